The van der Waals surface area contributed by atoms with E-state index in [4.69, 9.17) is 10.00 Å². The fourth-order valence-corrected chi connectivity index (χ4v) is 4.11. The molecule has 1 atom stereocenters. The van der Waals surface area contributed by atoms with E-state index in [9.17, 15) is 0 Å². The zero-order chi connectivity index (χ0) is 25.8. The molecule has 0 aliphatic rings. The van der Waals surface area contributed by atoms with E-state index < -0.39 is 0 Å². The van der Waals surface area contributed by atoms with Crippen LogP contribution in [-0.2, 0) is 19.4 Å². The molecular weight excluding hydrogens is 441 g/mol. The summed E-state index contributed by atoms with van der Waals surface area (Å²) in [7, 11) is 3.94. The molecule has 0 N–H and O–H groups in total. The van der Waals surface area contributed by atoms with Crippen LogP contribution in [0.2, 0.25) is 6.32 Å². The predicted octanol–water partition coefficient (Wildman–Crippen LogP) is 5.94. The monoisotopic (exact) mass is 476 g/mol. The maximum Gasteiger partial charge on any atom is 0.152 e. The Balaban J connectivity index is 0.000000202. The van der Waals surface area contributed by atoms with Crippen molar-refractivity contribution >= 4 is 12.7 Å². The van der Waals surface area contributed by atoms with Crippen molar-refractivity contribution in [2.75, 3.05) is 7.11 Å². The van der Waals surface area contributed by atoms with Crippen LogP contribution in [0, 0.1) is 31.1 Å². The fraction of sp³-hybridized carbons (Fsp3) is 0.290. The number of methoxy groups -OCH3 is 1. The maximum absolute atomic E-state index is 8.92. The first-order valence-corrected chi connectivity index (χ1v) is 12.5. The molecule has 0 amide bonds. The highest BCUT2D eigenvalue weighted by Gasteiger charge is 2.10. The van der Waals surface area contributed by atoms with Crippen molar-refractivity contribution in [1.29, 1.82) is 5.26 Å². The Hall–Kier alpha value is -3.78. The molecule has 0 aliphatic heterocycles. The predicted molar refractivity (Wildman–Crippen MR) is 149 cm³/mol. The molecule has 1 aromatic heterocycles. The first-order chi connectivity index (χ1) is 17.5. The van der Waals surface area contributed by atoms with E-state index >= 15 is 0 Å². The van der Waals surface area contributed by atoms with Crippen LogP contribution in [0.1, 0.15) is 35.0 Å². The van der Waals surface area contributed by atoms with Crippen LogP contribution in [0.3, 0.4) is 0 Å². The Morgan fingerprint density at radius 1 is 1.00 bits per heavy atom. The van der Waals surface area contributed by atoms with Gasteiger partial charge in [-0.15, -0.1) is 0 Å². The van der Waals surface area contributed by atoms with Gasteiger partial charge in [0.15, 0.2) is 7.28 Å². The van der Waals surface area contributed by atoms with E-state index in [1.807, 2.05) is 31.5 Å². The average Bonchev–Trinajstić information content (AvgIpc) is 3.33. The number of hydrogen-bond acceptors (Lipinski definition) is 3. The molecule has 0 aliphatic carbocycles. The summed E-state index contributed by atoms with van der Waals surface area (Å²) in [5, 5.41) is 8.92. The minimum Gasteiger partial charge on any atom is -0.497 e. The number of nitrogens with zero attached hydrogens (tertiary/aromatic N) is 3. The first-order valence-electron chi connectivity index (χ1n) is 12.5. The lowest BCUT2D eigenvalue weighted by Crippen LogP contribution is -2.14. The van der Waals surface area contributed by atoms with Gasteiger partial charge in [-0.25, -0.2) is 4.98 Å². The van der Waals surface area contributed by atoms with Crippen molar-refractivity contribution in [3.63, 3.8) is 0 Å². The largest absolute Gasteiger partial charge is 0.497 e. The van der Waals surface area contributed by atoms with Gasteiger partial charge in [0.25, 0.3) is 0 Å². The van der Waals surface area contributed by atoms with Crippen LogP contribution in [0.5, 0.6) is 5.75 Å². The second-order valence-corrected chi connectivity index (χ2v) is 9.08. The van der Waals surface area contributed by atoms with Crippen molar-refractivity contribution < 1.29 is 4.74 Å². The van der Waals surface area contributed by atoms with Crippen LogP contribution in [0.25, 0.3) is 0 Å². The second kappa shape index (κ2) is 13.9. The molecule has 36 heavy (non-hydrogen) atoms. The standard InChI is InChI=1S/C16H19N3.C15H16BO/c1-12(10-17)11-19-8-7-18-16(19)9-15-13(2)5-4-6-14(15)3;1-17-15-9-5-8-14(12-15)16-11-10-13-6-3-2-4-7-13/h4-8,12H,9,11H2,1-3H3;2-9,12H,10-11H2,1H3. The molecular formula is C31H35BN3O. The number of aryl methyl sites for hydroxylation is 3. The molecule has 3 aromatic carbocycles. The summed E-state index contributed by atoms with van der Waals surface area (Å²) in [6.07, 6.45) is 6.72. The number of benzene rings is 3. The van der Waals surface area contributed by atoms with Crippen molar-refractivity contribution in [2.45, 2.75) is 46.5 Å². The molecule has 5 heteroatoms. The highest BCUT2D eigenvalue weighted by molar-refractivity contribution is 6.53. The first kappa shape index (κ1) is 26.8. The molecule has 183 valence electrons. The van der Waals surface area contributed by atoms with Crippen LogP contribution in [0.4, 0.5) is 0 Å². The average molecular weight is 476 g/mol. The molecule has 1 radical (unpaired) electrons. The van der Waals surface area contributed by atoms with Crippen molar-refractivity contribution in [2.24, 2.45) is 5.92 Å². The summed E-state index contributed by atoms with van der Waals surface area (Å²) < 4.78 is 7.28. The Kier molecular flexibility index (Phi) is 10.4. The number of aromatic nitrogens is 2. The van der Waals surface area contributed by atoms with Crippen molar-refractivity contribution in [1.82, 2.24) is 9.55 Å². The third-order valence-electron chi connectivity index (χ3n) is 6.22. The molecule has 4 nitrogen and oxygen atoms in total. The van der Waals surface area contributed by atoms with Gasteiger partial charge in [0, 0.05) is 25.4 Å². The minimum absolute atomic E-state index is 0.00548. The van der Waals surface area contributed by atoms with Gasteiger partial charge in [-0.05, 0) is 61.6 Å². The van der Waals surface area contributed by atoms with Gasteiger partial charge in [-0.3, -0.25) is 0 Å². The molecule has 0 saturated carbocycles. The highest BCUT2D eigenvalue weighted by atomic mass is 16.5. The lowest BCUT2D eigenvalue weighted by atomic mass is 9.66. The van der Waals surface area contributed by atoms with Crippen LogP contribution < -0.4 is 10.2 Å². The Morgan fingerprint density at radius 2 is 1.72 bits per heavy atom. The summed E-state index contributed by atoms with van der Waals surface area (Å²) in [6.45, 7) is 6.90. The van der Waals surface area contributed by atoms with Crippen LogP contribution in [0.15, 0.2) is 85.2 Å². The SMILES string of the molecule is COc1cccc([B]CCc2ccccc2)c1.Cc1cccc(C)c1Cc1nccn1CC(C)C#N. The number of rotatable bonds is 9. The zero-order valence-electron chi connectivity index (χ0n) is 21.8. The van der Waals surface area contributed by atoms with E-state index in [-0.39, 0.29) is 5.92 Å². The Morgan fingerprint density at radius 3 is 2.42 bits per heavy atom. The maximum atomic E-state index is 8.92. The minimum atomic E-state index is 0.00548. The molecule has 0 saturated heterocycles. The van der Waals surface area contributed by atoms with E-state index in [2.05, 4.69) is 97.4 Å². The highest BCUT2D eigenvalue weighted by Crippen LogP contribution is 2.18. The fourth-order valence-electron chi connectivity index (χ4n) is 4.11. The number of ether oxygens (including phenoxy) is 1. The number of imidazole rings is 1. The molecule has 1 unspecified atom stereocenters. The van der Waals surface area contributed by atoms with E-state index in [0.717, 1.165) is 30.7 Å². The smallest absolute Gasteiger partial charge is 0.152 e. The van der Waals surface area contributed by atoms with Gasteiger partial charge in [0.1, 0.15) is 11.6 Å². The molecule has 0 spiro atoms. The van der Waals surface area contributed by atoms with Crippen LogP contribution >= 0.6 is 0 Å². The lowest BCUT2D eigenvalue weighted by molar-refractivity contribution is 0.415. The van der Waals surface area contributed by atoms with Gasteiger partial charge in [-0.2, -0.15) is 5.26 Å². The molecule has 4 aromatic rings. The second-order valence-electron chi connectivity index (χ2n) is 9.08. The molecule has 1 heterocycles. The van der Waals surface area contributed by atoms with Gasteiger partial charge in [-0.1, -0.05) is 72.4 Å². The molecule has 4 rings (SSSR count). The summed E-state index contributed by atoms with van der Waals surface area (Å²) in [4.78, 5) is 4.43. The van der Waals surface area contributed by atoms with E-state index in [0.29, 0.717) is 6.54 Å². The number of nitriles is 1. The topological polar surface area (TPSA) is 50.8 Å². The summed E-state index contributed by atoms with van der Waals surface area (Å²) in [5.41, 5.74) is 6.53. The normalized spacial score (nSPS) is 11.1. The van der Waals surface area contributed by atoms with Crippen molar-refractivity contribution in [3.05, 3.63) is 113 Å². The van der Waals surface area contributed by atoms with Gasteiger partial charge >= 0.3 is 0 Å². The van der Waals surface area contributed by atoms with E-state index in [1.54, 1.807) is 7.11 Å². The number of hydrogen-bond donors (Lipinski definition) is 0. The Bertz CT molecular complexity index is 1240. The van der Waals surface area contributed by atoms with Gasteiger partial charge < -0.3 is 9.30 Å². The quantitative estimate of drug-likeness (QED) is 0.281. The summed E-state index contributed by atoms with van der Waals surface area (Å²) >= 11 is 0. The van der Waals surface area contributed by atoms with Crippen molar-refractivity contribution in [3.8, 4) is 11.8 Å². The van der Waals surface area contributed by atoms with Gasteiger partial charge in [0.2, 0.25) is 0 Å². The van der Waals surface area contributed by atoms with E-state index in [1.165, 1.54) is 27.7 Å². The molecule has 0 bridgehead atoms. The lowest BCUT2D eigenvalue weighted by Gasteiger charge is -2.12. The third-order valence-corrected chi connectivity index (χ3v) is 6.22. The van der Waals surface area contributed by atoms with Crippen LogP contribution in [-0.4, -0.2) is 23.9 Å². The third kappa shape index (κ3) is 8.17. The van der Waals surface area contributed by atoms with Gasteiger partial charge in [0.05, 0.1) is 19.1 Å². The Labute approximate surface area is 216 Å². The summed E-state index contributed by atoms with van der Waals surface area (Å²) in [6, 6.07) is 27.3. The zero-order valence-corrected chi connectivity index (χ0v) is 21.8. The summed E-state index contributed by atoms with van der Waals surface area (Å²) in [5.74, 6) is 1.95. The molecule has 0 fully saturated rings.